The summed E-state index contributed by atoms with van der Waals surface area (Å²) in [4.78, 5) is 11.0. The number of halogens is 1. The van der Waals surface area contributed by atoms with Crippen molar-refractivity contribution in [2.24, 2.45) is 0 Å². The minimum absolute atomic E-state index is 0.559. The van der Waals surface area contributed by atoms with Crippen LogP contribution >= 0.6 is 15.9 Å². The molecule has 0 unspecified atom stereocenters. The van der Waals surface area contributed by atoms with Crippen LogP contribution in [0.15, 0.2) is 22.7 Å². The van der Waals surface area contributed by atoms with E-state index in [1.165, 1.54) is 0 Å². The van der Waals surface area contributed by atoms with Crippen molar-refractivity contribution in [3.8, 4) is 0 Å². The van der Waals surface area contributed by atoms with E-state index in [1.807, 2.05) is 18.2 Å². The van der Waals surface area contributed by atoms with Crippen LogP contribution in [0.25, 0.3) is 0 Å². The van der Waals surface area contributed by atoms with E-state index in [-0.39, 0.29) is 0 Å². The van der Waals surface area contributed by atoms with Gasteiger partial charge < -0.3 is 10.4 Å². The normalized spacial score (nSPS) is 20.2. The quantitative estimate of drug-likeness (QED) is 0.804. The van der Waals surface area contributed by atoms with Crippen LogP contribution < -0.4 is 5.32 Å². The SMILES string of the molecule is O=C(O)[C@@H]1NCCc2ccc(Br)cc21. The number of rotatable bonds is 1. The van der Waals surface area contributed by atoms with Crippen molar-refractivity contribution in [3.05, 3.63) is 33.8 Å². The first-order valence-electron chi connectivity index (χ1n) is 4.43. The molecule has 0 amide bonds. The second-order valence-electron chi connectivity index (χ2n) is 3.32. The van der Waals surface area contributed by atoms with Gasteiger partial charge in [0.2, 0.25) is 0 Å². The first-order chi connectivity index (χ1) is 6.68. The summed E-state index contributed by atoms with van der Waals surface area (Å²) in [6, 6.07) is 5.25. The van der Waals surface area contributed by atoms with E-state index >= 15 is 0 Å². The molecule has 0 aliphatic carbocycles. The number of carboxylic acid groups (broad SMARTS) is 1. The minimum Gasteiger partial charge on any atom is -0.480 e. The van der Waals surface area contributed by atoms with E-state index in [0.29, 0.717) is 0 Å². The summed E-state index contributed by atoms with van der Waals surface area (Å²) in [7, 11) is 0. The second-order valence-corrected chi connectivity index (χ2v) is 4.23. The average Bonchev–Trinajstić information content (AvgIpc) is 2.16. The summed E-state index contributed by atoms with van der Waals surface area (Å²) in [5, 5.41) is 12.0. The number of aliphatic carboxylic acids is 1. The van der Waals surface area contributed by atoms with Crippen LogP contribution in [0, 0.1) is 0 Å². The number of benzene rings is 1. The maximum atomic E-state index is 11.0. The molecule has 1 aromatic rings. The van der Waals surface area contributed by atoms with Gasteiger partial charge in [-0.05, 0) is 29.7 Å². The lowest BCUT2D eigenvalue weighted by molar-refractivity contribution is -0.139. The third kappa shape index (κ3) is 1.67. The zero-order valence-electron chi connectivity index (χ0n) is 7.46. The van der Waals surface area contributed by atoms with Crippen LogP contribution in [0.5, 0.6) is 0 Å². The Morgan fingerprint density at radius 2 is 2.36 bits per heavy atom. The van der Waals surface area contributed by atoms with Crippen LogP contribution in [0.2, 0.25) is 0 Å². The molecule has 0 radical (unpaired) electrons. The molecule has 1 aliphatic rings. The molecule has 1 aromatic carbocycles. The van der Waals surface area contributed by atoms with Crippen molar-refractivity contribution < 1.29 is 9.90 Å². The molecule has 0 spiro atoms. The maximum Gasteiger partial charge on any atom is 0.325 e. The molecule has 2 rings (SSSR count). The molecule has 14 heavy (non-hydrogen) atoms. The predicted octanol–water partition coefficient (Wildman–Crippen LogP) is 1.72. The van der Waals surface area contributed by atoms with Gasteiger partial charge in [-0.25, -0.2) is 0 Å². The van der Waals surface area contributed by atoms with Crippen LogP contribution in [-0.2, 0) is 11.2 Å². The van der Waals surface area contributed by atoms with Gasteiger partial charge in [0.1, 0.15) is 6.04 Å². The number of hydrogen-bond acceptors (Lipinski definition) is 2. The standard InChI is InChI=1S/C10H10BrNO2/c11-7-2-1-6-3-4-12-9(10(13)14)8(6)5-7/h1-2,5,9,12H,3-4H2,(H,13,14)/t9-/m1/s1. The van der Waals surface area contributed by atoms with E-state index in [4.69, 9.17) is 5.11 Å². The molecule has 1 aliphatic heterocycles. The highest BCUT2D eigenvalue weighted by molar-refractivity contribution is 9.10. The van der Waals surface area contributed by atoms with Crippen molar-refractivity contribution in [2.75, 3.05) is 6.54 Å². The largest absolute Gasteiger partial charge is 0.480 e. The summed E-state index contributed by atoms with van der Waals surface area (Å²) in [6.45, 7) is 0.728. The van der Waals surface area contributed by atoms with Gasteiger partial charge in [-0.3, -0.25) is 4.79 Å². The molecule has 0 saturated heterocycles. The van der Waals surface area contributed by atoms with Gasteiger partial charge in [-0.15, -0.1) is 0 Å². The fourth-order valence-corrected chi connectivity index (χ4v) is 2.12. The topological polar surface area (TPSA) is 49.3 Å². The molecule has 2 N–H and O–H groups in total. The van der Waals surface area contributed by atoms with Crippen LogP contribution in [0.4, 0.5) is 0 Å². The van der Waals surface area contributed by atoms with Crippen molar-refractivity contribution in [1.29, 1.82) is 0 Å². The zero-order chi connectivity index (χ0) is 10.1. The van der Waals surface area contributed by atoms with E-state index in [1.54, 1.807) is 0 Å². The highest BCUT2D eigenvalue weighted by Crippen LogP contribution is 2.26. The van der Waals surface area contributed by atoms with E-state index in [0.717, 1.165) is 28.6 Å². The molecule has 74 valence electrons. The average molecular weight is 256 g/mol. The fourth-order valence-electron chi connectivity index (χ4n) is 1.74. The molecule has 0 bridgehead atoms. The third-order valence-electron chi connectivity index (χ3n) is 2.41. The number of fused-ring (bicyclic) bond motifs is 1. The molecular formula is C10H10BrNO2. The molecule has 4 heteroatoms. The lowest BCUT2D eigenvalue weighted by atomic mass is 9.94. The van der Waals surface area contributed by atoms with Gasteiger partial charge in [0.05, 0.1) is 0 Å². The Hall–Kier alpha value is -0.870. The van der Waals surface area contributed by atoms with Crippen molar-refractivity contribution in [2.45, 2.75) is 12.5 Å². The molecule has 0 fully saturated rings. The van der Waals surface area contributed by atoms with E-state index < -0.39 is 12.0 Å². The Morgan fingerprint density at radius 3 is 3.07 bits per heavy atom. The first kappa shape index (κ1) is 9.68. The number of nitrogens with one attached hydrogen (secondary N) is 1. The first-order valence-corrected chi connectivity index (χ1v) is 5.22. The van der Waals surface area contributed by atoms with Gasteiger partial charge in [-0.1, -0.05) is 22.0 Å². The van der Waals surface area contributed by atoms with E-state index in [2.05, 4.69) is 21.2 Å². The smallest absolute Gasteiger partial charge is 0.325 e. The minimum atomic E-state index is -0.816. The summed E-state index contributed by atoms with van der Waals surface area (Å²) >= 11 is 3.35. The molecule has 1 atom stereocenters. The van der Waals surface area contributed by atoms with Crippen molar-refractivity contribution in [3.63, 3.8) is 0 Å². The molecule has 3 nitrogen and oxygen atoms in total. The summed E-state index contributed by atoms with van der Waals surface area (Å²) in [6.07, 6.45) is 0.895. The van der Waals surface area contributed by atoms with Crippen molar-refractivity contribution in [1.82, 2.24) is 5.32 Å². The Kier molecular flexibility index (Phi) is 2.56. The zero-order valence-corrected chi connectivity index (χ0v) is 9.04. The summed E-state index contributed by atoms with van der Waals surface area (Å²) < 4.78 is 0.922. The second kappa shape index (κ2) is 3.71. The Bertz CT molecular complexity index is 378. The number of hydrogen-bond donors (Lipinski definition) is 2. The lowest BCUT2D eigenvalue weighted by Crippen LogP contribution is -2.34. The number of carbonyl (C=O) groups is 1. The summed E-state index contributed by atoms with van der Waals surface area (Å²) in [5.74, 6) is -0.816. The van der Waals surface area contributed by atoms with Gasteiger partial charge in [0.15, 0.2) is 0 Å². The molecule has 0 saturated carbocycles. The maximum absolute atomic E-state index is 11.0. The fraction of sp³-hybridized carbons (Fsp3) is 0.300. The summed E-state index contributed by atoms with van der Waals surface area (Å²) in [5.41, 5.74) is 2.00. The molecule has 0 aromatic heterocycles. The van der Waals surface area contributed by atoms with Crippen LogP contribution in [0.3, 0.4) is 0 Å². The molecule has 1 heterocycles. The van der Waals surface area contributed by atoms with Crippen LogP contribution in [-0.4, -0.2) is 17.6 Å². The van der Waals surface area contributed by atoms with Gasteiger partial charge in [-0.2, -0.15) is 0 Å². The Morgan fingerprint density at radius 1 is 1.57 bits per heavy atom. The van der Waals surface area contributed by atoms with Crippen LogP contribution in [0.1, 0.15) is 17.2 Å². The lowest BCUT2D eigenvalue weighted by Gasteiger charge is -2.23. The van der Waals surface area contributed by atoms with Gasteiger partial charge >= 0.3 is 5.97 Å². The highest BCUT2D eigenvalue weighted by Gasteiger charge is 2.25. The molecular weight excluding hydrogens is 246 g/mol. The van der Waals surface area contributed by atoms with Gasteiger partial charge in [0, 0.05) is 11.0 Å². The van der Waals surface area contributed by atoms with Gasteiger partial charge in [0.25, 0.3) is 0 Å². The Balaban J connectivity index is 2.46. The Labute approximate surface area is 90.3 Å². The monoisotopic (exact) mass is 255 g/mol. The van der Waals surface area contributed by atoms with Crippen molar-refractivity contribution >= 4 is 21.9 Å². The number of carboxylic acids is 1. The predicted molar refractivity (Wildman–Crippen MR) is 56.2 cm³/mol. The highest BCUT2D eigenvalue weighted by atomic mass is 79.9. The third-order valence-corrected chi connectivity index (χ3v) is 2.90. The van der Waals surface area contributed by atoms with E-state index in [9.17, 15) is 4.79 Å².